The molecule has 2 N–H and O–H groups in total. The average molecular weight is 404 g/mol. The van der Waals surface area contributed by atoms with Gasteiger partial charge >= 0.3 is 5.97 Å². The van der Waals surface area contributed by atoms with E-state index in [-0.39, 0.29) is 35.3 Å². The fourth-order valence-electron chi connectivity index (χ4n) is 2.69. The summed E-state index contributed by atoms with van der Waals surface area (Å²) in [5, 5.41) is 11.6. The summed E-state index contributed by atoms with van der Waals surface area (Å²) in [6.45, 7) is 0.782. The van der Waals surface area contributed by atoms with Crippen molar-refractivity contribution < 1.29 is 31.5 Å². The highest BCUT2D eigenvalue weighted by Crippen LogP contribution is 2.25. The Hall–Kier alpha value is -1.98. The van der Waals surface area contributed by atoms with Gasteiger partial charge in [0, 0.05) is 19.5 Å². The second-order valence-electron chi connectivity index (χ2n) is 6.05. The van der Waals surface area contributed by atoms with Crippen LogP contribution in [0.2, 0.25) is 0 Å². The number of amides is 1. The maximum absolute atomic E-state index is 12.8. The molecular weight excluding hydrogens is 384 g/mol. The summed E-state index contributed by atoms with van der Waals surface area (Å²) in [6.07, 6.45) is 0.0649. The highest BCUT2D eigenvalue weighted by molar-refractivity contribution is 7.92. The molecule has 1 amide bonds. The van der Waals surface area contributed by atoms with Crippen molar-refractivity contribution in [2.75, 3.05) is 18.1 Å². The van der Waals surface area contributed by atoms with E-state index in [0.29, 0.717) is 5.56 Å². The zero-order chi connectivity index (χ0) is 19.5. The molecular formula is C15H20N2O7S2. The number of sulfone groups is 1. The SMILES string of the molecule is CC(=O)NCc1ccc(S(=O)(=O)N(CC(=O)O)[C@H]2CCS(=O)(=O)C2)cc1. The summed E-state index contributed by atoms with van der Waals surface area (Å²) in [4.78, 5) is 21.9. The Balaban J connectivity index is 2.28. The van der Waals surface area contributed by atoms with Gasteiger partial charge in [-0.25, -0.2) is 16.8 Å². The van der Waals surface area contributed by atoms with Gasteiger partial charge in [0.15, 0.2) is 9.84 Å². The molecule has 0 saturated carbocycles. The molecule has 1 aromatic carbocycles. The van der Waals surface area contributed by atoms with E-state index in [2.05, 4.69) is 5.32 Å². The second kappa shape index (κ2) is 7.72. The van der Waals surface area contributed by atoms with Crippen LogP contribution in [-0.2, 0) is 36.0 Å². The van der Waals surface area contributed by atoms with Crippen LogP contribution in [0.3, 0.4) is 0 Å². The van der Waals surface area contributed by atoms with Crippen molar-refractivity contribution in [2.45, 2.75) is 30.8 Å². The number of carboxylic acid groups (broad SMARTS) is 1. The summed E-state index contributed by atoms with van der Waals surface area (Å²) in [7, 11) is -7.56. The third-order valence-corrected chi connectivity index (χ3v) is 7.64. The molecule has 1 fully saturated rings. The lowest BCUT2D eigenvalue weighted by molar-refractivity contribution is -0.137. The van der Waals surface area contributed by atoms with Crippen LogP contribution in [0, 0.1) is 0 Å². The quantitative estimate of drug-likeness (QED) is 0.630. The predicted octanol–water partition coefficient (Wildman–Crippen LogP) is -0.415. The molecule has 0 aliphatic carbocycles. The van der Waals surface area contributed by atoms with Crippen molar-refractivity contribution in [1.29, 1.82) is 0 Å². The summed E-state index contributed by atoms with van der Waals surface area (Å²) >= 11 is 0. The van der Waals surface area contributed by atoms with E-state index in [1.807, 2.05) is 0 Å². The Morgan fingerprint density at radius 2 is 1.88 bits per heavy atom. The first-order valence-electron chi connectivity index (χ1n) is 7.79. The zero-order valence-electron chi connectivity index (χ0n) is 14.1. The van der Waals surface area contributed by atoms with Gasteiger partial charge in [-0.3, -0.25) is 9.59 Å². The van der Waals surface area contributed by atoms with Crippen molar-refractivity contribution in [1.82, 2.24) is 9.62 Å². The Kier molecular flexibility index (Phi) is 6.04. The molecule has 0 bridgehead atoms. The fourth-order valence-corrected chi connectivity index (χ4v) is 6.12. The highest BCUT2D eigenvalue weighted by Gasteiger charge is 2.39. The molecule has 1 aliphatic rings. The standard InChI is InChI=1S/C15H20N2O7S2/c1-11(18)16-8-12-2-4-14(5-3-12)26(23,24)17(9-15(19)20)13-6-7-25(21,22)10-13/h2-5,13H,6-10H2,1H3,(H,16,18)(H,19,20)/t13-/m0/s1. The third kappa shape index (κ3) is 5.02. The third-order valence-electron chi connectivity index (χ3n) is 3.98. The smallest absolute Gasteiger partial charge is 0.318 e. The fraction of sp³-hybridized carbons (Fsp3) is 0.467. The van der Waals surface area contributed by atoms with Crippen LogP contribution in [0.5, 0.6) is 0 Å². The van der Waals surface area contributed by atoms with Crippen LogP contribution in [0.25, 0.3) is 0 Å². The number of sulfonamides is 1. The molecule has 26 heavy (non-hydrogen) atoms. The van der Waals surface area contributed by atoms with Crippen molar-refractivity contribution in [2.24, 2.45) is 0 Å². The lowest BCUT2D eigenvalue weighted by Crippen LogP contribution is -2.44. The van der Waals surface area contributed by atoms with Crippen LogP contribution < -0.4 is 5.32 Å². The number of carboxylic acids is 1. The number of hydrogen-bond acceptors (Lipinski definition) is 6. The minimum Gasteiger partial charge on any atom is -0.480 e. The van der Waals surface area contributed by atoms with E-state index in [9.17, 15) is 26.4 Å². The molecule has 2 rings (SSSR count). The number of rotatable bonds is 7. The molecule has 1 heterocycles. The Bertz CT molecular complexity index is 892. The van der Waals surface area contributed by atoms with E-state index in [1.165, 1.54) is 31.2 Å². The van der Waals surface area contributed by atoms with E-state index >= 15 is 0 Å². The van der Waals surface area contributed by atoms with Crippen LogP contribution in [0.15, 0.2) is 29.2 Å². The largest absolute Gasteiger partial charge is 0.480 e. The van der Waals surface area contributed by atoms with Crippen molar-refractivity contribution in [3.8, 4) is 0 Å². The van der Waals surface area contributed by atoms with Gasteiger partial charge in [0.1, 0.15) is 6.54 Å². The molecule has 144 valence electrons. The molecule has 0 unspecified atom stereocenters. The van der Waals surface area contributed by atoms with Crippen LogP contribution >= 0.6 is 0 Å². The number of nitrogens with one attached hydrogen (secondary N) is 1. The number of benzene rings is 1. The summed E-state index contributed by atoms with van der Waals surface area (Å²) in [6, 6.07) is 4.73. The molecule has 0 radical (unpaired) electrons. The van der Waals surface area contributed by atoms with Crippen LogP contribution in [-0.4, -0.2) is 62.2 Å². The molecule has 1 saturated heterocycles. The van der Waals surface area contributed by atoms with Gasteiger partial charge < -0.3 is 10.4 Å². The molecule has 0 spiro atoms. The minimum absolute atomic E-state index is 0.0649. The second-order valence-corrected chi connectivity index (χ2v) is 10.2. The maximum Gasteiger partial charge on any atom is 0.318 e. The number of carbonyl (C=O) groups is 2. The Labute approximate surface area is 152 Å². The number of nitrogens with zero attached hydrogens (tertiary/aromatic N) is 1. The first kappa shape index (κ1) is 20.3. The summed E-state index contributed by atoms with van der Waals surface area (Å²) < 4.78 is 49.7. The normalized spacial score (nSPS) is 19.4. The highest BCUT2D eigenvalue weighted by atomic mass is 32.2. The zero-order valence-corrected chi connectivity index (χ0v) is 15.7. The van der Waals surface area contributed by atoms with Crippen LogP contribution in [0.1, 0.15) is 18.9 Å². The van der Waals surface area contributed by atoms with Gasteiger partial charge in [0.25, 0.3) is 0 Å². The monoisotopic (exact) mass is 404 g/mol. The molecule has 0 aromatic heterocycles. The summed E-state index contributed by atoms with van der Waals surface area (Å²) in [5.41, 5.74) is 0.673. The Morgan fingerprint density at radius 3 is 2.35 bits per heavy atom. The van der Waals surface area contributed by atoms with E-state index in [4.69, 9.17) is 5.11 Å². The number of aliphatic carboxylic acids is 1. The average Bonchev–Trinajstić information content (AvgIpc) is 2.90. The number of hydrogen-bond donors (Lipinski definition) is 2. The molecule has 1 aliphatic heterocycles. The Morgan fingerprint density at radius 1 is 1.27 bits per heavy atom. The van der Waals surface area contributed by atoms with E-state index in [1.54, 1.807) is 0 Å². The van der Waals surface area contributed by atoms with Gasteiger partial charge in [0.2, 0.25) is 15.9 Å². The van der Waals surface area contributed by atoms with Gasteiger partial charge in [-0.1, -0.05) is 12.1 Å². The number of carbonyl (C=O) groups excluding carboxylic acids is 1. The van der Waals surface area contributed by atoms with Gasteiger partial charge in [-0.2, -0.15) is 4.31 Å². The molecule has 11 heteroatoms. The first-order chi connectivity index (χ1) is 12.0. The van der Waals surface area contributed by atoms with Gasteiger partial charge in [-0.15, -0.1) is 0 Å². The predicted molar refractivity (Wildman–Crippen MR) is 92.5 cm³/mol. The van der Waals surface area contributed by atoms with Crippen molar-refractivity contribution in [3.05, 3.63) is 29.8 Å². The lowest BCUT2D eigenvalue weighted by atomic mass is 10.2. The van der Waals surface area contributed by atoms with Crippen molar-refractivity contribution >= 4 is 31.7 Å². The van der Waals surface area contributed by atoms with Gasteiger partial charge in [-0.05, 0) is 24.1 Å². The molecule has 1 aromatic rings. The minimum atomic E-state index is -4.18. The van der Waals surface area contributed by atoms with E-state index in [0.717, 1.165) is 4.31 Å². The molecule has 1 atom stereocenters. The van der Waals surface area contributed by atoms with E-state index < -0.39 is 38.4 Å². The molecule has 9 nitrogen and oxygen atoms in total. The maximum atomic E-state index is 12.8. The van der Waals surface area contributed by atoms with Gasteiger partial charge in [0.05, 0.1) is 16.4 Å². The summed E-state index contributed by atoms with van der Waals surface area (Å²) in [5.74, 6) is -2.14. The topological polar surface area (TPSA) is 138 Å². The first-order valence-corrected chi connectivity index (χ1v) is 11.0. The van der Waals surface area contributed by atoms with Crippen LogP contribution in [0.4, 0.5) is 0 Å². The van der Waals surface area contributed by atoms with Crippen molar-refractivity contribution in [3.63, 3.8) is 0 Å². The lowest BCUT2D eigenvalue weighted by Gasteiger charge is -2.25.